The number of sulfonamides is 1. The van der Waals surface area contributed by atoms with Crippen LogP contribution in [-0.2, 0) is 26.0 Å². The monoisotopic (exact) mass is 509 g/mol. The minimum atomic E-state index is -3.67. The van der Waals surface area contributed by atoms with E-state index in [1.165, 1.54) is 11.2 Å². The van der Waals surface area contributed by atoms with Crippen molar-refractivity contribution in [2.45, 2.75) is 43.2 Å². The highest BCUT2D eigenvalue weighted by molar-refractivity contribution is 7.89. The summed E-state index contributed by atoms with van der Waals surface area (Å²) < 4.78 is 33.7. The van der Waals surface area contributed by atoms with Crippen LogP contribution in [0.3, 0.4) is 0 Å². The van der Waals surface area contributed by atoms with Crippen molar-refractivity contribution in [3.8, 4) is 5.75 Å². The van der Waals surface area contributed by atoms with Crippen molar-refractivity contribution in [3.05, 3.63) is 72.3 Å². The highest BCUT2D eigenvalue weighted by atomic mass is 32.2. The quantitative estimate of drug-likeness (QED) is 0.486. The Morgan fingerprint density at radius 1 is 1.00 bits per heavy atom. The molecule has 3 aromatic carbocycles. The first-order valence-electron chi connectivity index (χ1n) is 12.0. The van der Waals surface area contributed by atoms with Crippen LogP contribution in [0.15, 0.2) is 71.6 Å². The Bertz CT molecular complexity index is 1350. The van der Waals surface area contributed by atoms with Crippen LogP contribution in [0, 0.1) is 0 Å². The van der Waals surface area contributed by atoms with E-state index in [2.05, 4.69) is 10.6 Å². The Hall–Kier alpha value is -3.43. The predicted octanol–water partition coefficient (Wildman–Crippen LogP) is 2.87. The second-order valence-corrected chi connectivity index (χ2v) is 10.8. The molecule has 2 N–H and O–H groups in total. The minimum Gasteiger partial charge on any atom is -0.496 e. The van der Waals surface area contributed by atoms with Crippen LogP contribution in [0.5, 0.6) is 5.75 Å². The summed E-state index contributed by atoms with van der Waals surface area (Å²) in [6, 6.07) is 19.1. The molecule has 9 heteroatoms. The zero-order chi connectivity index (χ0) is 25.7. The van der Waals surface area contributed by atoms with Gasteiger partial charge < -0.3 is 15.4 Å². The molecule has 1 saturated heterocycles. The number of carbonyl (C=O) groups is 2. The molecule has 8 nitrogen and oxygen atoms in total. The summed E-state index contributed by atoms with van der Waals surface area (Å²) in [7, 11) is -2.11. The van der Waals surface area contributed by atoms with Crippen molar-refractivity contribution in [3.63, 3.8) is 0 Å². The number of hydrogen-bond donors (Lipinski definition) is 2. The van der Waals surface area contributed by atoms with E-state index in [-0.39, 0.29) is 24.3 Å². The molecular weight excluding hydrogens is 478 g/mol. The molecule has 0 bridgehead atoms. The van der Waals surface area contributed by atoms with Crippen LogP contribution in [0.2, 0.25) is 0 Å². The summed E-state index contributed by atoms with van der Waals surface area (Å²) in [5, 5.41) is 7.31. The third kappa shape index (κ3) is 5.68. The van der Waals surface area contributed by atoms with Gasteiger partial charge in [-0.25, -0.2) is 8.42 Å². The largest absolute Gasteiger partial charge is 0.496 e. The summed E-state index contributed by atoms with van der Waals surface area (Å²) in [4.78, 5) is 25.2. The molecule has 0 saturated carbocycles. The zero-order valence-electron chi connectivity index (χ0n) is 20.4. The fourth-order valence-corrected chi connectivity index (χ4v) is 6.33. The Morgan fingerprint density at radius 2 is 1.67 bits per heavy atom. The van der Waals surface area contributed by atoms with Crippen LogP contribution in [0.1, 0.15) is 25.3 Å². The molecule has 4 rings (SSSR count). The molecule has 1 heterocycles. The van der Waals surface area contributed by atoms with Gasteiger partial charge in [0.1, 0.15) is 11.8 Å². The fraction of sp³-hybridized carbons (Fsp3) is 0.333. The number of nitrogens with zero attached hydrogens (tertiary/aromatic N) is 1. The first-order chi connectivity index (χ1) is 17.3. The molecular formula is C27H31N3O5S. The van der Waals surface area contributed by atoms with Crippen molar-refractivity contribution >= 4 is 32.6 Å². The van der Waals surface area contributed by atoms with Crippen LogP contribution in [-0.4, -0.2) is 56.8 Å². The molecule has 0 aromatic heterocycles. The van der Waals surface area contributed by atoms with Crippen molar-refractivity contribution in [1.82, 2.24) is 14.9 Å². The summed E-state index contributed by atoms with van der Waals surface area (Å²) >= 11 is 0. The number of ether oxygens (including phenoxy) is 1. The van der Waals surface area contributed by atoms with E-state index in [4.69, 9.17) is 4.74 Å². The molecule has 1 aliphatic heterocycles. The second kappa shape index (κ2) is 11.1. The Kier molecular flexibility index (Phi) is 7.91. The van der Waals surface area contributed by atoms with Crippen LogP contribution < -0.4 is 15.4 Å². The molecule has 2 amide bonds. The number of fused-ring (bicyclic) bond motifs is 1. The standard InChI is InChI=1S/C27H31N3O5S/c1-19(31)28-24(18-21-9-4-6-12-25(21)35-2)27(32)29-22-14-16-30(17-15-22)36(33,34)26-13-7-10-20-8-3-5-11-23(20)26/h3-13,22,24H,14-18H2,1-2H3,(H,28,31)(H,29,32)/t24-/m0/s1. The molecule has 0 radical (unpaired) electrons. The summed E-state index contributed by atoms with van der Waals surface area (Å²) in [5.41, 5.74) is 0.810. The predicted molar refractivity (Wildman–Crippen MR) is 138 cm³/mol. The van der Waals surface area contributed by atoms with Gasteiger partial charge in [-0.05, 0) is 35.9 Å². The van der Waals surface area contributed by atoms with Gasteiger partial charge >= 0.3 is 0 Å². The highest BCUT2D eigenvalue weighted by Crippen LogP contribution is 2.27. The van der Waals surface area contributed by atoms with Crippen molar-refractivity contribution in [1.29, 1.82) is 0 Å². The Balaban J connectivity index is 1.42. The lowest BCUT2D eigenvalue weighted by molar-refractivity contribution is -0.128. The third-order valence-corrected chi connectivity index (χ3v) is 8.44. The molecule has 1 aliphatic rings. The zero-order valence-corrected chi connectivity index (χ0v) is 21.3. The molecule has 1 atom stereocenters. The Morgan fingerprint density at radius 3 is 2.39 bits per heavy atom. The molecule has 0 aliphatic carbocycles. The summed E-state index contributed by atoms with van der Waals surface area (Å²) in [6.07, 6.45) is 1.25. The molecule has 0 unspecified atom stereocenters. The first kappa shape index (κ1) is 25.7. The van der Waals surface area contributed by atoms with E-state index in [9.17, 15) is 18.0 Å². The van der Waals surface area contributed by atoms with Gasteiger partial charge in [-0.3, -0.25) is 9.59 Å². The average molecular weight is 510 g/mol. The normalized spacial score (nSPS) is 15.8. The van der Waals surface area contributed by atoms with Gasteiger partial charge in [-0.15, -0.1) is 0 Å². The van der Waals surface area contributed by atoms with E-state index in [1.807, 2.05) is 54.6 Å². The van der Waals surface area contributed by atoms with E-state index in [1.54, 1.807) is 19.2 Å². The molecule has 3 aromatic rings. The van der Waals surface area contributed by atoms with Crippen LogP contribution in [0.4, 0.5) is 0 Å². The van der Waals surface area contributed by atoms with Crippen molar-refractivity contribution < 1.29 is 22.7 Å². The van der Waals surface area contributed by atoms with Crippen molar-refractivity contribution in [2.75, 3.05) is 20.2 Å². The van der Waals surface area contributed by atoms with Crippen molar-refractivity contribution in [2.24, 2.45) is 0 Å². The number of nitrogens with one attached hydrogen (secondary N) is 2. The van der Waals surface area contributed by atoms with Gasteiger partial charge in [0.05, 0.1) is 12.0 Å². The fourth-order valence-electron chi connectivity index (χ4n) is 4.65. The highest BCUT2D eigenvalue weighted by Gasteiger charge is 2.32. The minimum absolute atomic E-state index is 0.189. The third-order valence-electron chi connectivity index (χ3n) is 6.48. The van der Waals surface area contributed by atoms with Gasteiger partial charge in [-0.2, -0.15) is 4.31 Å². The molecule has 0 spiro atoms. The molecule has 190 valence electrons. The van der Waals surface area contributed by atoms with E-state index < -0.39 is 16.1 Å². The van der Waals surface area contributed by atoms with Gasteiger partial charge in [0, 0.05) is 37.9 Å². The maximum atomic E-state index is 13.4. The van der Waals surface area contributed by atoms with E-state index >= 15 is 0 Å². The molecule has 1 fully saturated rings. The maximum absolute atomic E-state index is 13.4. The number of carbonyl (C=O) groups excluding carboxylic acids is 2. The number of piperidine rings is 1. The average Bonchev–Trinajstić information content (AvgIpc) is 2.88. The van der Waals surface area contributed by atoms with Crippen LogP contribution >= 0.6 is 0 Å². The molecule has 36 heavy (non-hydrogen) atoms. The number of hydrogen-bond acceptors (Lipinski definition) is 5. The van der Waals surface area contributed by atoms with E-state index in [0.29, 0.717) is 42.0 Å². The number of rotatable bonds is 8. The number of amides is 2. The van der Waals surface area contributed by atoms with Gasteiger partial charge in [0.25, 0.3) is 0 Å². The summed E-state index contributed by atoms with van der Waals surface area (Å²) in [5.74, 6) is 0.0418. The Labute approximate surface area is 211 Å². The van der Waals surface area contributed by atoms with Crippen LogP contribution in [0.25, 0.3) is 10.8 Å². The number of para-hydroxylation sites is 1. The second-order valence-electron chi connectivity index (χ2n) is 8.93. The first-order valence-corrected chi connectivity index (χ1v) is 13.4. The lowest BCUT2D eigenvalue weighted by Crippen LogP contribution is -2.53. The van der Waals surface area contributed by atoms with Gasteiger partial charge in [0.2, 0.25) is 21.8 Å². The number of benzene rings is 3. The van der Waals surface area contributed by atoms with E-state index in [0.717, 1.165) is 10.9 Å². The SMILES string of the molecule is COc1ccccc1C[C@H](NC(C)=O)C(=O)NC1CCN(S(=O)(=O)c2cccc3ccccc23)CC1. The van der Waals surface area contributed by atoms with Gasteiger partial charge in [-0.1, -0.05) is 54.6 Å². The lowest BCUT2D eigenvalue weighted by Gasteiger charge is -2.32. The maximum Gasteiger partial charge on any atom is 0.243 e. The summed E-state index contributed by atoms with van der Waals surface area (Å²) in [6.45, 7) is 1.97. The smallest absolute Gasteiger partial charge is 0.243 e. The van der Waals surface area contributed by atoms with Gasteiger partial charge in [0.15, 0.2) is 0 Å². The lowest BCUT2D eigenvalue weighted by atomic mass is 10.0. The topological polar surface area (TPSA) is 105 Å². The number of methoxy groups -OCH3 is 1.